The monoisotopic (exact) mass is 152 g/mol. The molecular formula is C5H9ClO3. The fourth-order valence-electron chi connectivity index (χ4n) is 0.673. The summed E-state index contributed by atoms with van der Waals surface area (Å²) in [4.78, 5) is -1.03. The Balaban J connectivity index is 2.66. The number of halogens is 1. The third-order valence-corrected chi connectivity index (χ3v) is 1.98. The van der Waals surface area contributed by atoms with Gasteiger partial charge in [0.05, 0.1) is 6.61 Å². The molecule has 1 fully saturated rings. The summed E-state index contributed by atoms with van der Waals surface area (Å²) < 4.78 is 4.65. The lowest BCUT2D eigenvalue weighted by molar-refractivity contribution is -0.0720. The van der Waals surface area contributed by atoms with Gasteiger partial charge in [-0.25, -0.2) is 0 Å². The Morgan fingerprint density at radius 1 is 1.67 bits per heavy atom. The van der Waals surface area contributed by atoms with Gasteiger partial charge in [-0.3, -0.25) is 0 Å². The number of hydrogen-bond donors (Lipinski definition) is 2. The van der Waals surface area contributed by atoms with Crippen molar-refractivity contribution in [2.75, 3.05) is 6.61 Å². The molecule has 1 saturated heterocycles. The van der Waals surface area contributed by atoms with Crippen LogP contribution in [0.5, 0.6) is 0 Å². The van der Waals surface area contributed by atoms with Crippen molar-refractivity contribution in [3.8, 4) is 0 Å². The first-order valence-electron chi connectivity index (χ1n) is 2.72. The summed E-state index contributed by atoms with van der Waals surface area (Å²) in [6.07, 6.45) is -1.82. The second kappa shape index (κ2) is 2.09. The van der Waals surface area contributed by atoms with Crippen LogP contribution in [0, 0.1) is 0 Å². The molecule has 4 heteroatoms. The quantitative estimate of drug-likeness (QED) is 0.469. The molecule has 1 rings (SSSR count). The molecule has 3 nitrogen and oxygen atoms in total. The minimum atomic E-state index is -1.05. The normalized spacial score (nSPS) is 52.0. The van der Waals surface area contributed by atoms with Gasteiger partial charge in [0.2, 0.25) is 0 Å². The first kappa shape index (κ1) is 7.28. The van der Waals surface area contributed by atoms with Crippen molar-refractivity contribution in [1.82, 2.24) is 0 Å². The van der Waals surface area contributed by atoms with Crippen molar-refractivity contribution in [3.63, 3.8) is 0 Å². The molecule has 0 aromatic rings. The first-order valence-corrected chi connectivity index (χ1v) is 3.09. The van der Waals surface area contributed by atoms with Crippen molar-refractivity contribution >= 4 is 11.6 Å². The summed E-state index contributed by atoms with van der Waals surface area (Å²) in [5, 5.41) is 17.9. The third kappa shape index (κ3) is 1.05. The van der Waals surface area contributed by atoms with Crippen molar-refractivity contribution in [2.45, 2.75) is 24.2 Å². The van der Waals surface area contributed by atoms with Gasteiger partial charge in [0.15, 0.2) is 6.29 Å². The van der Waals surface area contributed by atoms with E-state index in [2.05, 4.69) is 4.74 Å². The average Bonchev–Trinajstić information content (AvgIpc) is 1.96. The van der Waals surface area contributed by atoms with Gasteiger partial charge in [-0.05, 0) is 6.92 Å². The molecule has 0 spiro atoms. The van der Waals surface area contributed by atoms with Crippen LogP contribution in [-0.4, -0.2) is 34.1 Å². The van der Waals surface area contributed by atoms with Crippen LogP contribution in [0.4, 0.5) is 0 Å². The molecule has 0 aromatic carbocycles. The molecule has 0 aromatic heterocycles. The largest absolute Gasteiger partial charge is 0.389 e. The summed E-state index contributed by atoms with van der Waals surface area (Å²) in [6, 6.07) is 0. The van der Waals surface area contributed by atoms with E-state index in [9.17, 15) is 0 Å². The van der Waals surface area contributed by atoms with Crippen molar-refractivity contribution in [2.24, 2.45) is 0 Å². The zero-order chi connectivity index (χ0) is 7.07. The third-order valence-electron chi connectivity index (χ3n) is 1.55. The number of aliphatic hydroxyl groups is 2. The standard InChI is InChI=1S/C5H9ClO3/c1-5(6)3(7)2-9-4(5)8/h3-4,7-8H,2H2,1H3. The fourth-order valence-corrected chi connectivity index (χ4v) is 0.799. The molecule has 3 atom stereocenters. The Bertz CT molecular complexity index is 103. The summed E-state index contributed by atoms with van der Waals surface area (Å²) in [6.45, 7) is 1.65. The van der Waals surface area contributed by atoms with Crippen molar-refractivity contribution in [3.05, 3.63) is 0 Å². The number of alkyl halides is 1. The maximum atomic E-state index is 9.01. The molecule has 1 aliphatic heterocycles. The number of rotatable bonds is 0. The molecule has 0 aliphatic carbocycles. The van der Waals surface area contributed by atoms with Crippen LogP contribution < -0.4 is 0 Å². The highest BCUT2D eigenvalue weighted by Crippen LogP contribution is 2.30. The summed E-state index contributed by atoms with van der Waals surface area (Å²) in [5.74, 6) is 0. The minimum Gasteiger partial charge on any atom is -0.389 e. The number of hydrogen-bond acceptors (Lipinski definition) is 3. The van der Waals surface area contributed by atoms with E-state index in [0.29, 0.717) is 0 Å². The molecule has 0 amide bonds. The SMILES string of the molecule is CC1(Cl)C(O)COC1O. The van der Waals surface area contributed by atoms with Gasteiger partial charge in [-0.2, -0.15) is 0 Å². The number of ether oxygens (including phenoxy) is 1. The van der Waals surface area contributed by atoms with E-state index in [0.717, 1.165) is 0 Å². The van der Waals surface area contributed by atoms with Crippen LogP contribution in [-0.2, 0) is 4.74 Å². The Kier molecular flexibility index (Phi) is 1.69. The molecule has 2 N–H and O–H groups in total. The van der Waals surface area contributed by atoms with E-state index in [1.54, 1.807) is 0 Å². The molecule has 0 radical (unpaired) electrons. The maximum absolute atomic E-state index is 9.01. The van der Waals surface area contributed by atoms with Crippen LogP contribution in [0.2, 0.25) is 0 Å². The van der Waals surface area contributed by atoms with E-state index in [-0.39, 0.29) is 6.61 Å². The lowest BCUT2D eigenvalue weighted by atomic mass is 10.1. The lowest BCUT2D eigenvalue weighted by Crippen LogP contribution is -2.37. The van der Waals surface area contributed by atoms with Gasteiger partial charge in [0.1, 0.15) is 11.0 Å². The predicted octanol–water partition coefficient (Wildman–Crippen LogP) is -0.307. The van der Waals surface area contributed by atoms with Crippen molar-refractivity contribution in [1.29, 1.82) is 0 Å². The van der Waals surface area contributed by atoms with E-state index >= 15 is 0 Å². The Labute approximate surface area is 58.2 Å². The number of aliphatic hydroxyl groups excluding tert-OH is 2. The molecule has 0 saturated carbocycles. The van der Waals surface area contributed by atoms with Crippen LogP contribution in [0.3, 0.4) is 0 Å². The lowest BCUT2D eigenvalue weighted by Gasteiger charge is -2.20. The fraction of sp³-hybridized carbons (Fsp3) is 1.00. The van der Waals surface area contributed by atoms with Crippen LogP contribution >= 0.6 is 11.6 Å². The first-order chi connectivity index (χ1) is 4.05. The van der Waals surface area contributed by atoms with Crippen molar-refractivity contribution < 1.29 is 14.9 Å². The van der Waals surface area contributed by atoms with Gasteiger partial charge in [0.25, 0.3) is 0 Å². The summed E-state index contributed by atoms with van der Waals surface area (Å²) >= 11 is 5.64. The zero-order valence-electron chi connectivity index (χ0n) is 5.04. The maximum Gasteiger partial charge on any atom is 0.176 e. The van der Waals surface area contributed by atoms with Crippen LogP contribution in [0.15, 0.2) is 0 Å². The van der Waals surface area contributed by atoms with E-state index in [1.165, 1.54) is 6.92 Å². The Morgan fingerprint density at radius 3 is 2.33 bits per heavy atom. The highest BCUT2D eigenvalue weighted by molar-refractivity contribution is 6.24. The minimum absolute atomic E-state index is 0.112. The van der Waals surface area contributed by atoms with Crippen LogP contribution in [0.1, 0.15) is 6.92 Å². The molecule has 54 valence electrons. The Hall–Kier alpha value is 0.170. The van der Waals surface area contributed by atoms with Gasteiger partial charge >= 0.3 is 0 Å². The van der Waals surface area contributed by atoms with Gasteiger partial charge in [-0.15, -0.1) is 11.6 Å². The second-order valence-electron chi connectivity index (χ2n) is 2.35. The molecule has 1 aliphatic rings. The topological polar surface area (TPSA) is 49.7 Å². The molecule has 1 heterocycles. The van der Waals surface area contributed by atoms with E-state index in [4.69, 9.17) is 21.8 Å². The second-order valence-corrected chi connectivity index (χ2v) is 3.17. The zero-order valence-corrected chi connectivity index (χ0v) is 5.80. The van der Waals surface area contributed by atoms with Gasteiger partial charge in [0, 0.05) is 0 Å². The molecule has 0 bridgehead atoms. The van der Waals surface area contributed by atoms with Crippen LogP contribution in [0.25, 0.3) is 0 Å². The highest BCUT2D eigenvalue weighted by Gasteiger charge is 2.45. The molecular weight excluding hydrogens is 144 g/mol. The predicted molar refractivity (Wildman–Crippen MR) is 32.2 cm³/mol. The molecule has 9 heavy (non-hydrogen) atoms. The molecule has 3 unspecified atom stereocenters. The Morgan fingerprint density at radius 2 is 2.22 bits per heavy atom. The smallest absolute Gasteiger partial charge is 0.176 e. The van der Waals surface area contributed by atoms with E-state index in [1.807, 2.05) is 0 Å². The summed E-state index contributed by atoms with van der Waals surface area (Å²) in [5.41, 5.74) is 0. The summed E-state index contributed by atoms with van der Waals surface area (Å²) in [7, 11) is 0. The van der Waals surface area contributed by atoms with Gasteiger partial charge < -0.3 is 14.9 Å². The van der Waals surface area contributed by atoms with Gasteiger partial charge in [-0.1, -0.05) is 0 Å². The average molecular weight is 153 g/mol. The van der Waals surface area contributed by atoms with E-state index < -0.39 is 17.3 Å². The highest BCUT2D eigenvalue weighted by atomic mass is 35.5.